The van der Waals surface area contributed by atoms with Gasteiger partial charge in [0.25, 0.3) is 0 Å². The van der Waals surface area contributed by atoms with Crippen LogP contribution in [0.4, 0.5) is 15.8 Å². The molecule has 110 valence electrons. The van der Waals surface area contributed by atoms with Crippen molar-refractivity contribution in [2.45, 2.75) is 19.4 Å². The molecule has 0 aromatic heterocycles. The Morgan fingerprint density at radius 3 is 2.90 bits per heavy atom. The Labute approximate surface area is 124 Å². The molecule has 0 aliphatic carbocycles. The number of methoxy groups -OCH3 is 1. The normalized spacial score (nSPS) is 13.9. The first-order valence-electron chi connectivity index (χ1n) is 7.14. The van der Waals surface area contributed by atoms with Gasteiger partial charge in [0.1, 0.15) is 0 Å². The molecule has 0 saturated heterocycles. The standard InChI is InChI=1S/C17H19FN2O/c1-21-17-8-7-12(10-14(17)18)11-20-9-3-4-13-15(19)5-2-6-16(13)20/h2,5-8,10H,3-4,9,11,19H2,1H3. The van der Waals surface area contributed by atoms with Crippen LogP contribution in [0.2, 0.25) is 0 Å². The number of rotatable bonds is 3. The molecule has 3 rings (SSSR count). The molecule has 0 unspecified atom stereocenters. The molecule has 3 nitrogen and oxygen atoms in total. The van der Waals surface area contributed by atoms with E-state index in [0.29, 0.717) is 6.54 Å². The van der Waals surface area contributed by atoms with Gasteiger partial charge in [0, 0.05) is 24.5 Å². The van der Waals surface area contributed by atoms with Crippen LogP contribution in [0.15, 0.2) is 36.4 Å². The topological polar surface area (TPSA) is 38.5 Å². The zero-order chi connectivity index (χ0) is 14.8. The van der Waals surface area contributed by atoms with Crippen molar-refractivity contribution in [3.8, 4) is 5.75 Å². The molecule has 4 heteroatoms. The Morgan fingerprint density at radius 2 is 2.14 bits per heavy atom. The Balaban J connectivity index is 1.87. The number of ether oxygens (including phenoxy) is 1. The SMILES string of the molecule is COc1ccc(CN2CCCc3c(N)cccc32)cc1F. The van der Waals surface area contributed by atoms with Crippen molar-refractivity contribution >= 4 is 11.4 Å². The van der Waals surface area contributed by atoms with E-state index in [0.717, 1.165) is 36.3 Å². The van der Waals surface area contributed by atoms with E-state index in [9.17, 15) is 4.39 Å². The van der Waals surface area contributed by atoms with Gasteiger partial charge in [0.2, 0.25) is 0 Å². The van der Waals surface area contributed by atoms with Gasteiger partial charge in [-0.25, -0.2) is 4.39 Å². The third-order valence-corrected chi connectivity index (χ3v) is 3.97. The molecule has 0 atom stereocenters. The summed E-state index contributed by atoms with van der Waals surface area (Å²) in [7, 11) is 1.47. The van der Waals surface area contributed by atoms with E-state index < -0.39 is 0 Å². The van der Waals surface area contributed by atoms with Crippen molar-refractivity contribution in [1.82, 2.24) is 0 Å². The average molecular weight is 286 g/mol. The fourth-order valence-corrected chi connectivity index (χ4v) is 2.92. The average Bonchev–Trinajstić information content (AvgIpc) is 2.49. The third-order valence-electron chi connectivity index (χ3n) is 3.97. The highest BCUT2D eigenvalue weighted by Crippen LogP contribution is 2.32. The van der Waals surface area contributed by atoms with Crippen LogP contribution in [0, 0.1) is 5.82 Å². The lowest BCUT2D eigenvalue weighted by Crippen LogP contribution is -2.29. The molecule has 0 fully saturated rings. The summed E-state index contributed by atoms with van der Waals surface area (Å²) in [5, 5.41) is 0. The molecule has 0 radical (unpaired) electrons. The maximum atomic E-state index is 13.8. The van der Waals surface area contributed by atoms with Crippen molar-refractivity contribution in [2.24, 2.45) is 0 Å². The predicted molar refractivity (Wildman–Crippen MR) is 83.2 cm³/mol. The monoisotopic (exact) mass is 286 g/mol. The highest BCUT2D eigenvalue weighted by atomic mass is 19.1. The van der Waals surface area contributed by atoms with E-state index in [-0.39, 0.29) is 11.6 Å². The first kappa shape index (κ1) is 13.7. The molecule has 0 amide bonds. The number of halogens is 1. The largest absolute Gasteiger partial charge is 0.494 e. The second-order valence-corrected chi connectivity index (χ2v) is 5.34. The van der Waals surface area contributed by atoms with Gasteiger partial charge < -0.3 is 15.4 Å². The van der Waals surface area contributed by atoms with E-state index >= 15 is 0 Å². The van der Waals surface area contributed by atoms with Gasteiger partial charge in [0.15, 0.2) is 11.6 Å². The second kappa shape index (κ2) is 5.64. The molecule has 2 aromatic rings. The van der Waals surface area contributed by atoms with Gasteiger partial charge in [-0.15, -0.1) is 0 Å². The van der Waals surface area contributed by atoms with E-state index in [4.69, 9.17) is 10.5 Å². The number of fused-ring (bicyclic) bond motifs is 1. The lowest BCUT2D eigenvalue weighted by atomic mass is 9.99. The highest BCUT2D eigenvalue weighted by Gasteiger charge is 2.19. The Morgan fingerprint density at radius 1 is 1.29 bits per heavy atom. The van der Waals surface area contributed by atoms with Crippen LogP contribution in [-0.2, 0) is 13.0 Å². The summed E-state index contributed by atoms with van der Waals surface area (Å²) < 4.78 is 18.8. The predicted octanol–water partition coefficient (Wildman–Crippen LogP) is 3.37. The van der Waals surface area contributed by atoms with Crippen molar-refractivity contribution in [2.75, 3.05) is 24.3 Å². The summed E-state index contributed by atoms with van der Waals surface area (Å²) in [5.74, 6) is -0.0400. The van der Waals surface area contributed by atoms with Gasteiger partial charge in [-0.3, -0.25) is 0 Å². The Kier molecular flexibility index (Phi) is 3.69. The molecule has 0 saturated carbocycles. The van der Waals surface area contributed by atoms with Crippen LogP contribution in [-0.4, -0.2) is 13.7 Å². The molecular weight excluding hydrogens is 267 g/mol. The van der Waals surface area contributed by atoms with E-state index in [1.165, 1.54) is 12.7 Å². The van der Waals surface area contributed by atoms with Gasteiger partial charge >= 0.3 is 0 Å². The summed E-state index contributed by atoms with van der Waals surface area (Å²) in [6, 6.07) is 11.1. The molecular formula is C17H19FN2O. The zero-order valence-electron chi connectivity index (χ0n) is 12.1. The first-order chi connectivity index (χ1) is 10.2. The van der Waals surface area contributed by atoms with Crippen LogP contribution >= 0.6 is 0 Å². The third kappa shape index (κ3) is 2.66. The first-order valence-corrected chi connectivity index (χ1v) is 7.14. The quantitative estimate of drug-likeness (QED) is 0.879. The Hall–Kier alpha value is -2.23. The molecule has 1 aliphatic heterocycles. The van der Waals surface area contributed by atoms with Crippen molar-refractivity contribution in [1.29, 1.82) is 0 Å². The van der Waals surface area contributed by atoms with Gasteiger partial charge in [-0.2, -0.15) is 0 Å². The summed E-state index contributed by atoms with van der Waals surface area (Å²) in [4.78, 5) is 2.26. The highest BCUT2D eigenvalue weighted by molar-refractivity contribution is 5.66. The summed E-state index contributed by atoms with van der Waals surface area (Å²) in [5.41, 5.74) is 10.2. The van der Waals surface area contributed by atoms with Gasteiger partial charge in [-0.1, -0.05) is 12.1 Å². The molecule has 21 heavy (non-hydrogen) atoms. The molecule has 2 aromatic carbocycles. The maximum Gasteiger partial charge on any atom is 0.165 e. The zero-order valence-corrected chi connectivity index (χ0v) is 12.1. The summed E-state index contributed by atoms with van der Waals surface area (Å²) in [6.07, 6.45) is 2.08. The minimum atomic E-state index is -0.320. The van der Waals surface area contributed by atoms with Crippen molar-refractivity contribution in [3.05, 3.63) is 53.3 Å². The Bertz CT molecular complexity index is 657. The van der Waals surface area contributed by atoms with E-state index in [2.05, 4.69) is 11.0 Å². The molecule has 0 spiro atoms. The van der Waals surface area contributed by atoms with Crippen LogP contribution in [0.1, 0.15) is 17.5 Å². The minimum absolute atomic E-state index is 0.280. The lowest BCUT2D eigenvalue weighted by Gasteiger charge is -2.32. The maximum absolute atomic E-state index is 13.8. The smallest absolute Gasteiger partial charge is 0.165 e. The number of hydrogen-bond acceptors (Lipinski definition) is 3. The van der Waals surface area contributed by atoms with Gasteiger partial charge in [-0.05, 0) is 48.2 Å². The van der Waals surface area contributed by atoms with Crippen LogP contribution < -0.4 is 15.4 Å². The number of nitrogens with two attached hydrogens (primary N) is 1. The minimum Gasteiger partial charge on any atom is -0.494 e. The van der Waals surface area contributed by atoms with Gasteiger partial charge in [0.05, 0.1) is 7.11 Å². The number of hydrogen-bond donors (Lipinski definition) is 1. The fraction of sp³-hybridized carbons (Fsp3) is 0.294. The molecule has 1 aliphatic rings. The molecule has 0 bridgehead atoms. The van der Waals surface area contributed by atoms with E-state index in [1.54, 1.807) is 12.1 Å². The van der Waals surface area contributed by atoms with Crippen molar-refractivity contribution in [3.63, 3.8) is 0 Å². The second-order valence-electron chi connectivity index (χ2n) is 5.34. The molecule has 1 heterocycles. The lowest BCUT2D eigenvalue weighted by molar-refractivity contribution is 0.386. The summed E-state index contributed by atoms with van der Waals surface area (Å²) >= 11 is 0. The van der Waals surface area contributed by atoms with Crippen LogP contribution in [0.25, 0.3) is 0 Å². The molecule has 2 N–H and O–H groups in total. The fourth-order valence-electron chi connectivity index (χ4n) is 2.92. The number of benzene rings is 2. The number of nitrogen functional groups attached to an aromatic ring is 1. The van der Waals surface area contributed by atoms with E-state index in [1.807, 2.05) is 18.2 Å². The van der Waals surface area contributed by atoms with Crippen LogP contribution in [0.5, 0.6) is 5.75 Å². The van der Waals surface area contributed by atoms with Crippen LogP contribution in [0.3, 0.4) is 0 Å². The summed E-state index contributed by atoms with van der Waals surface area (Å²) in [6.45, 7) is 1.64. The van der Waals surface area contributed by atoms with Crippen molar-refractivity contribution < 1.29 is 9.13 Å². The number of nitrogens with zero attached hydrogens (tertiary/aromatic N) is 1. The number of anilines is 2.